The molecule has 0 saturated heterocycles. The van der Waals surface area contributed by atoms with Crippen molar-refractivity contribution in [3.05, 3.63) is 64.0 Å². The molecule has 4 rings (SSSR count). The van der Waals surface area contributed by atoms with E-state index < -0.39 is 4.92 Å². The van der Waals surface area contributed by atoms with Gasteiger partial charge in [0.05, 0.1) is 11.5 Å². The maximum atomic E-state index is 11.1. The lowest BCUT2D eigenvalue weighted by atomic mass is 10.1. The summed E-state index contributed by atoms with van der Waals surface area (Å²) in [5.74, 6) is 1.59. The van der Waals surface area contributed by atoms with Crippen LogP contribution in [-0.2, 0) is 18.0 Å². The first-order valence-corrected chi connectivity index (χ1v) is 7.71. The van der Waals surface area contributed by atoms with Gasteiger partial charge in [0, 0.05) is 28.8 Å². The first-order valence-electron chi connectivity index (χ1n) is 7.71. The monoisotopic (exact) mass is 355 g/mol. The predicted octanol–water partition coefficient (Wildman–Crippen LogP) is 3.09. The summed E-state index contributed by atoms with van der Waals surface area (Å²) in [5.41, 5.74) is 1.97. The van der Waals surface area contributed by atoms with Crippen LogP contribution in [0.3, 0.4) is 0 Å². The lowest BCUT2D eigenvalue weighted by Crippen LogP contribution is -2.14. The summed E-state index contributed by atoms with van der Waals surface area (Å²) in [5, 5.41) is 18.6. The van der Waals surface area contributed by atoms with Crippen molar-refractivity contribution in [1.29, 1.82) is 0 Å². The molecule has 0 spiro atoms. The number of non-ortho nitro benzene ring substituents is 1. The topological polar surface area (TPSA) is 110 Å². The summed E-state index contributed by atoms with van der Waals surface area (Å²) >= 11 is 0. The van der Waals surface area contributed by atoms with Gasteiger partial charge in [-0.2, -0.15) is 0 Å². The molecule has 1 aromatic heterocycles. The van der Waals surface area contributed by atoms with Gasteiger partial charge < -0.3 is 18.6 Å². The number of ether oxygens (including phenoxy) is 3. The smallest absolute Gasteiger partial charge is 0.270 e. The second kappa shape index (κ2) is 6.81. The number of nitrogens with zero attached hydrogens (tertiary/aromatic N) is 3. The molecule has 2 aromatic carbocycles. The van der Waals surface area contributed by atoms with Gasteiger partial charge in [-0.3, -0.25) is 10.1 Å². The molecule has 0 bridgehead atoms. The molecule has 26 heavy (non-hydrogen) atoms. The minimum Gasteiger partial charge on any atom is -0.489 e. The van der Waals surface area contributed by atoms with Crippen LogP contribution in [0.1, 0.15) is 11.1 Å². The first-order chi connectivity index (χ1) is 12.7. The van der Waals surface area contributed by atoms with Crippen molar-refractivity contribution in [3.8, 4) is 23.0 Å². The number of nitro groups is 1. The number of hydrogen-bond acceptors (Lipinski definition) is 8. The van der Waals surface area contributed by atoms with E-state index in [0.717, 1.165) is 5.56 Å². The summed E-state index contributed by atoms with van der Waals surface area (Å²) in [7, 11) is 0. The Labute approximate surface area is 147 Å². The van der Waals surface area contributed by atoms with E-state index in [1.807, 2.05) is 0 Å². The van der Waals surface area contributed by atoms with E-state index in [4.69, 9.17) is 18.6 Å². The highest BCUT2D eigenvalue weighted by Gasteiger charge is 2.21. The molecule has 0 N–H and O–H groups in total. The largest absolute Gasteiger partial charge is 0.489 e. The molecule has 1 aliphatic rings. The molecular formula is C17H13N3O6. The summed E-state index contributed by atoms with van der Waals surface area (Å²) in [4.78, 5) is 10.7. The Balaban J connectivity index is 1.54. The summed E-state index contributed by atoms with van der Waals surface area (Å²) in [6.07, 6.45) is 1.26. The quantitative estimate of drug-likeness (QED) is 0.507. The minimum absolute atomic E-state index is 0.0248. The van der Waals surface area contributed by atoms with Gasteiger partial charge in [0.15, 0.2) is 6.79 Å². The summed E-state index contributed by atoms with van der Waals surface area (Å²) < 4.78 is 21.6. The molecule has 0 fully saturated rings. The van der Waals surface area contributed by atoms with Crippen LogP contribution in [0, 0.1) is 10.1 Å². The molecule has 132 valence electrons. The van der Waals surface area contributed by atoms with Crippen LogP contribution >= 0.6 is 0 Å². The van der Waals surface area contributed by atoms with Crippen LogP contribution in [0.4, 0.5) is 5.69 Å². The maximum Gasteiger partial charge on any atom is 0.270 e. The molecule has 9 nitrogen and oxygen atoms in total. The van der Waals surface area contributed by atoms with E-state index in [9.17, 15) is 10.1 Å². The zero-order chi connectivity index (χ0) is 17.9. The maximum absolute atomic E-state index is 11.1. The third-order valence-corrected chi connectivity index (χ3v) is 3.84. The van der Waals surface area contributed by atoms with E-state index >= 15 is 0 Å². The Morgan fingerprint density at radius 1 is 1.23 bits per heavy atom. The number of rotatable bonds is 5. The third-order valence-electron chi connectivity index (χ3n) is 3.84. The third kappa shape index (κ3) is 3.20. The fourth-order valence-corrected chi connectivity index (χ4v) is 2.65. The molecule has 3 aromatic rings. The van der Waals surface area contributed by atoms with E-state index in [0.29, 0.717) is 28.5 Å². The standard InChI is InChI=1S/C17H13N3O6/c21-20(22)14-5-12-7-23-10-26-16(12)13(6-14)8-24-15-3-1-11(2-4-15)17-19-18-9-25-17/h1-6,9H,7-8,10H2. The zero-order valence-corrected chi connectivity index (χ0v) is 13.5. The highest BCUT2D eigenvalue weighted by Crippen LogP contribution is 2.33. The zero-order valence-electron chi connectivity index (χ0n) is 13.5. The van der Waals surface area contributed by atoms with Crippen molar-refractivity contribution in [1.82, 2.24) is 10.2 Å². The van der Waals surface area contributed by atoms with E-state index in [1.165, 1.54) is 18.5 Å². The number of hydrogen-bond donors (Lipinski definition) is 0. The Kier molecular flexibility index (Phi) is 4.20. The molecule has 9 heteroatoms. The molecule has 2 heterocycles. The summed E-state index contributed by atoms with van der Waals surface area (Å²) in [6, 6.07) is 10.0. The van der Waals surface area contributed by atoms with Gasteiger partial charge in [-0.1, -0.05) is 0 Å². The fraction of sp³-hybridized carbons (Fsp3) is 0.176. The van der Waals surface area contributed by atoms with Gasteiger partial charge in [0.25, 0.3) is 5.69 Å². The van der Waals surface area contributed by atoms with Gasteiger partial charge in [-0.15, -0.1) is 10.2 Å². The normalized spacial score (nSPS) is 12.9. The lowest BCUT2D eigenvalue weighted by molar-refractivity contribution is -0.385. The Morgan fingerprint density at radius 2 is 2.08 bits per heavy atom. The average molecular weight is 355 g/mol. The number of fused-ring (bicyclic) bond motifs is 1. The Bertz CT molecular complexity index is 924. The van der Waals surface area contributed by atoms with Crippen LogP contribution in [0.15, 0.2) is 47.2 Å². The number of benzene rings is 2. The Morgan fingerprint density at radius 3 is 2.81 bits per heavy atom. The minimum atomic E-state index is -0.447. The van der Waals surface area contributed by atoms with E-state index in [-0.39, 0.29) is 25.7 Å². The van der Waals surface area contributed by atoms with Crippen molar-refractivity contribution >= 4 is 5.69 Å². The van der Waals surface area contributed by atoms with Crippen LogP contribution in [0.2, 0.25) is 0 Å². The highest BCUT2D eigenvalue weighted by atomic mass is 16.7. The van der Waals surface area contributed by atoms with E-state index in [1.54, 1.807) is 24.3 Å². The van der Waals surface area contributed by atoms with Crippen molar-refractivity contribution in [2.24, 2.45) is 0 Å². The Hall–Kier alpha value is -3.46. The summed E-state index contributed by atoms with van der Waals surface area (Å²) in [6.45, 7) is 0.503. The average Bonchev–Trinajstić information content (AvgIpc) is 3.21. The van der Waals surface area contributed by atoms with Crippen molar-refractivity contribution < 1.29 is 23.6 Å². The van der Waals surface area contributed by atoms with Gasteiger partial charge in [-0.25, -0.2) is 0 Å². The lowest BCUT2D eigenvalue weighted by Gasteiger charge is -2.20. The number of nitro benzene ring substituents is 1. The van der Waals surface area contributed by atoms with Gasteiger partial charge in [0.1, 0.15) is 18.1 Å². The fourth-order valence-electron chi connectivity index (χ4n) is 2.65. The second-order valence-electron chi connectivity index (χ2n) is 5.52. The van der Waals surface area contributed by atoms with Gasteiger partial charge >= 0.3 is 0 Å². The molecule has 0 aliphatic carbocycles. The number of aromatic nitrogens is 2. The molecule has 1 aliphatic heterocycles. The predicted molar refractivity (Wildman–Crippen MR) is 87.4 cm³/mol. The van der Waals surface area contributed by atoms with Crippen LogP contribution in [-0.4, -0.2) is 21.9 Å². The molecule has 0 amide bonds. The molecular weight excluding hydrogens is 342 g/mol. The van der Waals surface area contributed by atoms with Crippen LogP contribution in [0.5, 0.6) is 11.5 Å². The molecule has 0 radical (unpaired) electrons. The van der Waals surface area contributed by atoms with Crippen molar-refractivity contribution in [2.45, 2.75) is 13.2 Å². The highest BCUT2D eigenvalue weighted by molar-refractivity contribution is 5.54. The van der Waals surface area contributed by atoms with Gasteiger partial charge in [0.2, 0.25) is 12.3 Å². The molecule has 0 unspecified atom stereocenters. The van der Waals surface area contributed by atoms with Gasteiger partial charge in [-0.05, 0) is 24.3 Å². The molecule has 0 atom stereocenters. The SMILES string of the molecule is O=[N+]([O-])c1cc2c(c(COc3ccc(-c4nnco4)cc3)c1)OCOC2. The molecule has 0 saturated carbocycles. The van der Waals surface area contributed by atoms with Crippen molar-refractivity contribution in [2.75, 3.05) is 6.79 Å². The second-order valence-corrected chi connectivity index (χ2v) is 5.52. The van der Waals surface area contributed by atoms with Crippen molar-refractivity contribution in [3.63, 3.8) is 0 Å². The van der Waals surface area contributed by atoms with Crippen LogP contribution < -0.4 is 9.47 Å². The van der Waals surface area contributed by atoms with E-state index in [2.05, 4.69) is 10.2 Å². The first kappa shape index (κ1) is 16.0. The van der Waals surface area contributed by atoms with Crippen LogP contribution in [0.25, 0.3) is 11.5 Å².